The molecule has 150 valence electrons. The largest absolute Gasteiger partial charge is 0.370 e. The Labute approximate surface area is 178 Å². The topological polar surface area (TPSA) is 101 Å². The highest BCUT2D eigenvalue weighted by molar-refractivity contribution is 14.0. The summed E-state index contributed by atoms with van der Waals surface area (Å²) in [6.07, 6.45) is 5.80. The minimum absolute atomic E-state index is 0. The van der Waals surface area contributed by atoms with E-state index in [9.17, 15) is 4.79 Å². The van der Waals surface area contributed by atoms with Gasteiger partial charge in [0.05, 0.1) is 6.54 Å². The maximum Gasteiger partial charge on any atom is 0.220 e. The molecule has 7 nitrogen and oxygen atoms in total. The van der Waals surface area contributed by atoms with Gasteiger partial charge in [0, 0.05) is 43.9 Å². The Hall–Kier alpha value is -1.58. The van der Waals surface area contributed by atoms with Crippen molar-refractivity contribution in [2.75, 3.05) is 31.1 Å². The van der Waals surface area contributed by atoms with Gasteiger partial charge in [-0.25, -0.2) is 9.98 Å². The van der Waals surface area contributed by atoms with Gasteiger partial charge in [-0.15, -0.1) is 24.0 Å². The third-order valence-electron chi connectivity index (χ3n) is 5.46. The van der Waals surface area contributed by atoms with E-state index in [1.165, 1.54) is 12.8 Å². The van der Waals surface area contributed by atoms with Crippen LogP contribution in [0.2, 0.25) is 0 Å². The summed E-state index contributed by atoms with van der Waals surface area (Å²) in [7, 11) is 0. The van der Waals surface area contributed by atoms with Crippen molar-refractivity contribution in [3.63, 3.8) is 0 Å². The zero-order chi connectivity index (χ0) is 18.5. The fraction of sp³-hybridized carbons (Fsp3) is 0.632. The number of primary amides is 1. The Morgan fingerprint density at radius 3 is 2.67 bits per heavy atom. The molecule has 1 amide bonds. The molecule has 27 heavy (non-hydrogen) atoms. The first-order valence-electron chi connectivity index (χ1n) is 9.57. The van der Waals surface area contributed by atoms with Crippen LogP contribution >= 0.6 is 24.0 Å². The van der Waals surface area contributed by atoms with Crippen molar-refractivity contribution in [2.45, 2.75) is 39.2 Å². The van der Waals surface area contributed by atoms with Crippen LogP contribution in [0.5, 0.6) is 0 Å². The van der Waals surface area contributed by atoms with Crippen LogP contribution in [0.4, 0.5) is 5.82 Å². The lowest BCUT2D eigenvalue weighted by Crippen LogP contribution is -2.43. The number of halogens is 1. The second-order valence-corrected chi connectivity index (χ2v) is 7.52. The van der Waals surface area contributed by atoms with Crippen LogP contribution in [0.1, 0.15) is 38.2 Å². The van der Waals surface area contributed by atoms with Crippen molar-refractivity contribution in [3.05, 3.63) is 23.9 Å². The smallest absolute Gasteiger partial charge is 0.220 e. The molecule has 1 aromatic heterocycles. The Balaban J connectivity index is 0.00000261. The molecule has 0 aliphatic carbocycles. The lowest BCUT2D eigenvalue weighted by atomic mass is 9.96. The van der Waals surface area contributed by atoms with Crippen LogP contribution in [0.3, 0.4) is 0 Å². The lowest BCUT2D eigenvalue weighted by Gasteiger charge is -2.33. The van der Waals surface area contributed by atoms with Crippen molar-refractivity contribution in [3.8, 4) is 0 Å². The molecule has 2 saturated heterocycles. The number of aliphatic imine (C=N–C) groups is 1. The highest BCUT2D eigenvalue weighted by atomic mass is 127. The van der Waals surface area contributed by atoms with E-state index >= 15 is 0 Å². The monoisotopic (exact) mass is 486 g/mol. The Morgan fingerprint density at radius 1 is 1.26 bits per heavy atom. The molecule has 8 heteroatoms. The molecule has 3 heterocycles. The van der Waals surface area contributed by atoms with Gasteiger partial charge < -0.3 is 21.3 Å². The predicted octanol–water partition coefficient (Wildman–Crippen LogP) is 1.95. The number of rotatable bonds is 4. The number of carbonyl (C=O) groups excluding carboxylic acids is 1. The number of piperidine rings is 2. The lowest BCUT2D eigenvalue weighted by molar-refractivity contribution is -0.122. The van der Waals surface area contributed by atoms with Gasteiger partial charge in [0.2, 0.25) is 5.91 Å². The molecule has 0 radical (unpaired) electrons. The molecule has 3 rings (SSSR count). The van der Waals surface area contributed by atoms with E-state index < -0.39 is 0 Å². The molecule has 4 N–H and O–H groups in total. The second kappa shape index (κ2) is 10.1. The Bertz CT molecular complexity index is 659. The van der Waals surface area contributed by atoms with Crippen LogP contribution in [0.25, 0.3) is 0 Å². The zero-order valence-corrected chi connectivity index (χ0v) is 18.3. The van der Waals surface area contributed by atoms with E-state index in [1.54, 1.807) is 6.20 Å². The standard InChI is InChI=1S/C19H30N6O.HI/c1-14-4-3-9-25(13-14)19(21)23-12-16-5-2-8-22-18(16)24-10-6-15(7-11-24)17(20)26;/h2,5,8,14-15H,3-4,6-7,9-13H2,1H3,(H2,20,26)(H2,21,23);1H. The minimum Gasteiger partial charge on any atom is -0.370 e. The van der Waals surface area contributed by atoms with Crippen molar-refractivity contribution in [1.82, 2.24) is 9.88 Å². The predicted molar refractivity (Wildman–Crippen MR) is 119 cm³/mol. The van der Waals surface area contributed by atoms with E-state index in [0.29, 0.717) is 18.4 Å². The third kappa shape index (κ3) is 5.70. The number of carbonyl (C=O) groups is 1. The summed E-state index contributed by atoms with van der Waals surface area (Å²) in [4.78, 5) is 25.0. The Kier molecular flexibility index (Phi) is 8.12. The molecular formula is C19H31IN6O. The quantitative estimate of drug-likeness (QED) is 0.385. The van der Waals surface area contributed by atoms with E-state index in [4.69, 9.17) is 11.5 Å². The molecule has 2 fully saturated rings. The summed E-state index contributed by atoms with van der Waals surface area (Å²) in [5, 5.41) is 0. The number of nitrogens with zero attached hydrogens (tertiary/aromatic N) is 4. The summed E-state index contributed by atoms with van der Waals surface area (Å²) >= 11 is 0. The van der Waals surface area contributed by atoms with E-state index in [2.05, 4.69) is 32.8 Å². The fourth-order valence-corrected chi connectivity index (χ4v) is 3.88. The molecule has 0 saturated carbocycles. The number of aromatic nitrogens is 1. The number of nitrogens with two attached hydrogens (primary N) is 2. The average Bonchev–Trinajstić information content (AvgIpc) is 2.66. The summed E-state index contributed by atoms with van der Waals surface area (Å²) in [6, 6.07) is 3.99. The van der Waals surface area contributed by atoms with Crippen LogP contribution in [-0.2, 0) is 11.3 Å². The summed E-state index contributed by atoms with van der Waals surface area (Å²) in [5.41, 5.74) is 12.7. The molecule has 0 spiro atoms. The van der Waals surface area contributed by atoms with E-state index in [-0.39, 0.29) is 35.8 Å². The number of pyridine rings is 1. The third-order valence-corrected chi connectivity index (χ3v) is 5.46. The SMILES string of the molecule is CC1CCCN(C(N)=NCc2cccnc2N2CCC(C(N)=O)CC2)C1.I. The second-order valence-electron chi connectivity index (χ2n) is 7.52. The van der Waals surface area contributed by atoms with Crippen molar-refractivity contribution in [2.24, 2.45) is 28.3 Å². The molecular weight excluding hydrogens is 455 g/mol. The molecule has 2 aliphatic heterocycles. The van der Waals surface area contributed by atoms with Gasteiger partial charge in [-0.3, -0.25) is 4.79 Å². The molecule has 0 aromatic carbocycles. The van der Waals surface area contributed by atoms with Crippen LogP contribution in [-0.4, -0.2) is 47.9 Å². The number of hydrogen-bond donors (Lipinski definition) is 2. The highest BCUT2D eigenvalue weighted by Gasteiger charge is 2.25. The number of anilines is 1. The van der Waals surface area contributed by atoms with Gasteiger partial charge >= 0.3 is 0 Å². The average molecular weight is 486 g/mol. The van der Waals surface area contributed by atoms with Gasteiger partial charge in [-0.1, -0.05) is 13.0 Å². The van der Waals surface area contributed by atoms with Crippen LogP contribution in [0.15, 0.2) is 23.3 Å². The van der Waals surface area contributed by atoms with Crippen molar-refractivity contribution in [1.29, 1.82) is 0 Å². The number of hydrogen-bond acceptors (Lipinski definition) is 4. The van der Waals surface area contributed by atoms with E-state index in [0.717, 1.165) is 50.4 Å². The zero-order valence-electron chi connectivity index (χ0n) is 16.0. The van der Waals surface area contributed by atoms with Crippen molar-refractivity contribution < 1.29 is 4.79 Å². The first-order chi connectivity index (χ1) is 12.5. The highest BCUT2D eigenvalue weighted by Crippen LogP contribution is 2.25. The maximum absolute atomic E-state index is 11.4. The van der Waals surface area contributed by atoms with E-state index in [1.807, 2.05) is 6.07 Å². The summed E-state index contributed by atoms with van der Waals surface area (Å²) in [5.74, 6) is 2.02. The van der Waals surface area contributed by atoms with Crippen LogP contribution in [0, 0.1) is 11.8 Å². The van der Waals surface area contributed by atoms with Gasteiger partial charge in [0.25, 0.3) is 0 Å². The molecule has 1 aromatic rings. The maximum atomic E-state index is 11.4. The first kappa shape index (κ1) is 21.7. The number of likely N-dealkylation sites (tertiary alicyclic amines) is 1. The summed E-state index contributed by atoms with van der Waals surface area (Å²) in [6.45, 7) is 6.33. The number of amides is 1. The normalized spacial score (nSPS) is 21.7. The van der Waals surface area contributed by atoms with Crippen molar-refractivity contribution >= 4 is 41.7 Å². The fourth-order valence-electron chi connectivity index (χ4n) is 3.88. The summed E-state index contributed by atoms with van der Waals surface area (Å²) < 4.78 is 0. The Morgan fingerprint density at radius 2 is 2.00 bits per heavy atom. The number of guanidine groups is 1. The van der Waals surface area contributed by atoms with Gasteiger partial charge in [-0.2, -0.15) is 0 Å². The molecule has 1 unspecified atom stereocenters. The van der Waals surface area contributed by atoms with Gasteiger partial charge in [-0.05, 0) is 37.7 Å². The minimum atomic E-state index is -0.195. The van der Waals surface area contributed by atoms with Gasteiger partial charge in [0.1, 0.15) is 5.82 Å². The molecule has 0 bridgehead atoms. The van der Waals surface area contributed by atoms with Gasteiger partial charge in [0.15, 0.2) is 5.96 Å². The van der Waals surface area contributed by atoms with Crippen LogP contribution < -0.4 is 16.4 Å². The molecule has 2 aliphatic rings. The first-order valence-corrected chi connectivity index (χ1v) is 9.57. The molecule has 1 atom stereocenters.